The van der Waals surface area contributed by atoms with E-state index in [9.17, 15) is 9.59 Å². The molecule has 0 atom stereocenters. The maximum Gasteiger partial charge on any atom is 0.258 e. The van der Waals surface area contributed by atoms with Gasteiger partial charge in [0.15, 0.2) is 13.2 Å². The molecule has 0 spiro atoms. The van der Waals surface area contributed by atoms with Crippen LogP contribution in [0.1, 0.15) is 36.8 Å². The van der Waals surface area contributed by atoms with E-state index in [1.807, 2.05) is 62.4 Å². The van der Waals surface area contributed by atoms with Crippen molar-refractivity contribution in [2.45, 2.75) is 51.6 Å². The molecule has 2 aromatic carbocycles. The topological polar surface area (TPSA) is 76.7 Å². The number of carbonyl (C=O) groups is 2. The van der Waals surface area contributed by atoms with Gasteiger partial charge in [0, 0.05) is 12.1 Å². The van der Waals surface area contributed by atoms with Gasteiger partial charge in [0.25, 0.3) is 11.8 Å². The molecule has 3 rings (SSSR count). The van der Waals surface area contributed by atoms with E-state index in [-0.39, 0.29) is 37.1 Å². The van der Waals surface area contributed by atoms with Gasteiger partial charge in [-0.15, -0.1) is 0 Å². The number of carbonyl (C=O) groups excluding carboxylic acids is 2. The van der Waals surface area contributed by atoms with E-state index in [4.69, 9.17) is 9.47 Å². The van der Waals surface area contributed by atoms with Crippen LogP contribution in [-0.2, 0) is 9.59 Å². The van der Waals surface area contributed by atoms with Gasteiger partial charge in [-0.3, -0.25) is 9.59 Å². The zero-order valence-corrected chi connectivity index (χ0v) is 17.6. The first kappa shape index (κ1) is 21.7. The van der Waals surface area contributed by atoms with E-state index < -0.39 is 0 Å². The fraction of sp³-hybridized carbons (Fsp3) is 0.417. The largest absolute Gasteiger partial charge is 0.484 e. The van der Waals surface area contributed by atoms with Gasteiger partial charge in [0.2, 0.25) is 0 Å². The maximum atomic E-state index is 12.1. The standard InChI is InChI=1S/C24H30N2O4/c1-17-3-11-21(12-4-17)29-15-23(27)25-19-7-9-20(10-8-19)26-24(28)16-30-22-13-5-18(2)6-14-22/h3-6,11-14,19-20H,7-10,15-16H2,1-2H3,(H,25,27)(H,26,28)/t19-,20-. The van der Waals surface area contributed by atoms with Gasteiger partial charge < -0.3 is 20.1 Å². The van der Waals surface area contributed by atoms with Crippen LogP contribution in [-0.4, -0.2) is 37.1 Å². The molecule has 6 heteroatoms. The molecule has 2 amide bonds. The second kappa shape index (κ2) is 10.7. The number of hydrogen-bond donors (Lipinski definition) is 2. The lowest BCUT2D eigenvalue weighted by Crippen LogP contribution is -2.45. The van der Waals surface area contributed by atoms with Crippen LogP contribution < -0.4 is 20.1 Å². The minimum Gasteiger partial charge on any atom is -0.484 e. The summed E-state index contributed by atoms with van der Waals surface area (Å²) >= 11 is 0. The fourth-order valence-corrected chi connectivity index (χ4v) is 3.49. The Morgan fingerprint density at radius 1 is 0.700 bits per heavy atom. The van der Waals surface area contributed by atoms with Crippen molar-refractivity contribution in [2.75, 3.05) is 13.2 Å². The van der Waals surface area contributed by atoms with E-state index in [0.717, 1.165) is 36.8 Å². The van der Waals surface area contributed by atoms with Crippen LogP contribution in [0.15, 0.2) is 48.5 Å². The van der Waals surface area contributed by atoms with Crippen molar-refractivity contribution in [1.82, 2.24) is 10.6 Å². The normalized spacial score (nSPS) is 18.3. The molecule has 160 valence electrons. The first-order chi connectivity index (χ1) is 14.5. The summed E-state index contributed by atoms with van der Waals surface area (Å²) in [7, 11) is 0. The van der Waals surface area contributed by atoms with Crippen molar-refractivity contribution in [3.05, 3.63) is 59.7 Å². The molecule has 0 saturated heterocycles. The van der Waals surface area contributed by atoms with Crippen molar-refractivity contribution in [3.63, 3.8) is 0 Å². The summed E-state index contributed by atoms with van der Waals surface area (Å²) in [6.07, 6.45) is 3.33. The monoisotopic (exact) mass is 410 g/mol. The third kappa shape index (κ3) is 7.10. The number of amides is 2. The van der Waals surface area contributed by atoms with Gasteiger partial charge in [-0.1, -0.05) is 35.4 Å². The molecule has 0 bridgehead atoms. The summed E-state index contributed by atoms with van der Waals surface area (Å²) in [5.74, 6) is 1.15. The number of nitrogens with one attached hydrogen (secondary N) is 2. The summed E-state index contributed by atoms with van der Waals surface area (Å²) in [5.41, 5.74) is 2.30. The molecule has 0 unspecified atom stereocenters. The summed E-state index contributed by atoms with van der Waals surface area (Å²) in [6, 6.07) is 15.5. The Hall–Kier alpha value is -3.02. The van der Waals surface area contributed by atoms with E-state index in [1.165, 1.54) is 0 Å². The molecule has 30 heavy (non-hydrogen) atoms. The molecule has 0 heterocycles. The molecule has 1 aliphatic carbocycles. The molecule has 2 N–H and O–H groups in total. The summed E-state index contributed by atoms with van der Waals surface area (Å²) < 4.78 is 11.1. The Balaban J connectivity index is 1.31. The second-order valence-electron chi connectivity index (χ2n) is 7.89. The van der Waals surface area contributed by atoms with Gasteiger partial charge in [0.1, 0.15) is 11.5 Å². The molecule has 0 aliphatic heterocycles. The molecular weight excluding hydrogens is 380 g/mol. The van der Waals surface area contributed by atoms with E-state index >= 15 is 0 Å². The Labute approximate surface area is 178 Å². The predicted molar refractivity (Wildman–Crippen MR) is 116 cm³/mol. The van der Waals surface area contributed by atoms with Crippen LogP contribution in [0, 0.1) is 13.8 Å². The van der Waals surface area contributed by atoms with Gasteiger partial charge >= 0.3 is 0 Å². The van der Waals surface area contributed by atoms with Gasteiger partial charge in [-0.25, -0.2) is 0 Å². The minimum absolute atomic E-state index is 0.00999. The maximum absolute atomic E-state index is 12.1. The van der Waals surface area contributed by atoms with Gasteiger partial charge in [0.05, 0.1) is 0 Å². The van der Waals surface area contributed by atoms with E-state index in [0.29, 0.717) is 11.5 Å². The lowest BCUT2D eigenvalue weighted by Gasteiger charge is -2.29. The molecule has 1 fully saturated rings. The highest BCUT2D eigenvalue weighted by Gasteiger charge is 2.23. The van der Waals surface area contributed by atoms with Crippen LogP contribution in [0.3, 0.4) is 0 Å². The van der Waals surface area contributed by atoms with Crippen LogP contribution in [0.25, 0.3) is 0 Å². The molecule has 2 aromatic rings. The quantitative estimate of drug-likeness (QED) is 0.700. The highest BCUT2D eigenvalue weighted by molar-refractivity contribution is 5.78. The highest BCUT2D eigenvalue weighted by atomic mass is 16.5. The van der Waals surface area contributed by atoms with Gasteiger partial charge in [-0.05, 0) is 63.8 Å². The zero-order valence-electron chi connectivity index (χ0n) is 17.6. The van der Waals surface area contributed by atoms with Crippen molar-refractivity contribution < 1.29 is 19.1 Å². The molecule has 6 nitrogen and oxygen atoms in total. The summed E-state index contributed by atoms with van der Waals surface area (Å²) in [4.78, 5) is 24.3. The average molecular weight is 411 g/mol. The third-order valence-corrected chi connectivity index (χ3v) is 5.24. The lowest BCUT2D eigenvalue weighted by atomic mass is 9.91. The Bertz CT molecular complexity index is 754. The summed E-state index contributed by atoms with van der Waals surface area (Å²) in [5, 5.41) is 6.05. The Kier molecular flexibility index (Phi) is 7.71. The van der Waals surface area contributed by atoms with E-state index in [1.54, 1.807) is 0 Å². The van der Waals surface area contributed by atoms with Crippen molar-refractivity contribution in [2.24, 2.45) is 0 Å². The number of rotatable bonds is 8. The van der Waals surface area contributed by atoms with Crippen LogP contribution in [0.2, 0.25) is 0 Å². The van der Waals surface area contributed by atoms with Crippen molar-refractivity contribution in [3.8, 4) is 11.5 Å². The van der Waals surface area contributed by atoms with Crippen LogP contribution >= 0.6 is 0 Å². The third-order valence-electron chi connectivity index (χ3n) is 5.24. The molecule has 0 radical (unpaired) electrons. The van der Waals surface area contributed by atoms with Gasteiger partial charge in [-0.2, -0.15) is 0 Å². The smallest absolute Gasteiger partial charge is 0.258 e. The number of aryl methyl sites for hydroxylation is 2. The van der Waals surface area contributed by atoms with Crippen LogP contribution in [0.5, 0.6) is 11.5 Å². The van der Waals surface area contributed by atoms with Crippen LogP contribution in [0.4, 0.5) is 0 Å². The SMILES string of the molecule is Cc1ccc(OCC(=O)N[C@H]2CC[C@H](NC(=O)COc3ccc(C)cc3)CC2)cc1. The predicted octanol–water partition coefficient (Wildman–Crippen LogP) is 3.30. The molecule has 1 aliphatic rings. The zero-order chi connectivity index (χ0) is 21.3. The number of ether oxygens (including phenoxy) is 2. The Morgan fingerprint density at radius 2 is 1.03 bits per heavy atom. The number of hydrogen-bond acceptors (Lipinski definition) is 4. The lowest BCUT2D eigenvalue weighted by molar-refractivity contribution is -0.125. The minimum atomic E-state index is -0.116. The molecule has 0 aromatic heterocycles. The average Bonchev–Trinajstić information content (AvgIpc) is 2.74. The van der Waals surface area contributed by atoms with Crippen molar-refractivity contribution >= 4 is 11.8 Å². The summed E-state index contributed by atoms with van der Waals surface area (Å²) in [6.45, 7) is 4.03. The first-order valence-electron chi connectivity index (χ1n) is 10.5. The molecular formula is C24H30N2O4. The van der Waals surface area contributed by atoms with Crippen molar-refractivity contribution in [1.29, 1.82) is 0 Å². The second-order valence-corrected chi connectivity index (χ2v) is 7.89. The van der Waals surface area contributed by atoms with E-state index in [2.05, 4.69) is 10.6 Å². The highest BCUT2D eigenvalue weighted by Crippen LogP contribution is 2.19. The first-order valence-corrected chi connectivity index (χ1v) is 10.5. The molecule has 1 saturated carbocycles. The Morgan fingerprint density at radius 3 is 1.37 bits per heavy atom. The number of benzene rings is 2. The fourth-order valence-electron chi connectivity index (χ4n) is 3.49.